The Bertz CT molecular complexity index is 1180. The van der Waals surface area contributed by atoms with Gasteiger partial charge in [0.2, 0.25) is 5.91 Å². The number of hydrogen-bond acceptors (Lipinski definition) is 5. The molecule has 1 aliphatic carbocycles. The van der Waals surface area contributed by atoms with Gasteiger partial charge < -0.3 is 4.57 Å². The fraction of sp³-hybridized carbons (Fsp3) is 0.417. The van der Waals surface area contributed by atoms with Crippen molar-refractivity contribution in [3.05, 3.63) is 59.9 Å². The number of halogens is 1. The minimum atomic E-state index is -0.331. The van der Waals surface area contributed by atoms with Gasteiger partial charge in [0.05, 0.1) is 35.4 Å². The van der Waals surface area contributed by atoms with Crippen molar-refractivity contribution in [3.63, 3.8) is 0 Å². The van der Waals surface area contributed by atoms with Crippen molar-refractivity contribution < 1.29 is 14.0 Å². The molecule has 3 aromatic rings. The molecule has 4 heterocycles. The molecule has 1 aliphatic heterocycles. The fourth-order valence-electron chi connectivity index (χ4n) is 4.94. The summed E-state index contributed by atoms with van der Waals surface area (Å²) in [6, 6.07) is 7.12. The van der Waals surface area contributed by atoms with Crippen LogP contribution in [0, 0.1) is 29.0 Å². The summed E-state index contributed by atoms with van der Waals surface area (Å²) in [5.41, 5.74) is 2.92. The van der Waals surface area contributed by atoms with Crippen molar-refractivity contribution in [2.24, 2.45) is 11.8 Å². The average molecular weight is 433 g/mol. The monoisotopic (exact) mass is 433 g/mol. The van der Waals surface area contributed by atoms with Gasteiger partial charge in [0.25, 0.3) is 0 Å². The first-order valence-corrected chi connectivity index (χ1v) is 11.0. The van der Waals surface area contributed by atoms with Gasteiger partial charge in [-0.15, -0.1) is 0 Å². The predicted octanol–water partition coefficient (Wildman–Crippen LogP) is 4.15. The standard InChI is InChI=1S/C24H24FN5O2/c25-20-10-23-21(28-14-20)5-7-29(23)15-16-1-3-18(4-2-16)24(31)30-22(6-8-32-30)19-9-17(11-26)12-27-13-19/h5,7,9-10,12-14,16,18,22H,1-4,6,8,15H2/t16-,18-,22-/m0/s1. The summed E-state index contributed by atoms with van der Waals surface area (Å²) in [5.74, 6) is 0.0534. The van der Waals surface area contributed by atoms with Crippen LogP contribution in [0.3, 0.4) is 0 Å². The van der Waals surface area contributed by atoms with Crippen molar-refractivity contribution in [2.45, 2.75) is 44.7 Å². The van der Waals surface area contributed by atoms with E-state index < -0.39 is 0 Å². The van der Waals surface area contributed by atoms with E-state index in [2.05, 4.69) is 20.6 Å². The van der Waals surface area contributed by atoms with Crippen LogP contribution >= 0.6 is 0 Å². The Balaban J connectivity index is 1.22. The number of carbonyl (C=O) groups excluding carboxylic acids is 1. The maximum Gasteiger partial charge on any atom is 0.249 e. The first-order valence-electron chi connectivity index (χ1n) is 11.0. The van der Waals surface area contributed by atoms with E-state index in [4.69, 9.17) is 10.1 Å². The van der Waals surface area contributed by atoms with Crippen LogP contribution in [0.25, 0.3) is 11.0 Å². The highest BCUT2D eigenvalue weighted by atomic mass is 19.1. The van der Waals surface area contributed by atoms with Gasteiger partial charge >= 0.3 is 0 Å². The largest absolute Gasteiger partial charge is 0.346 e. The summed E-state index contributed by atoms with van der Waals surface area (Å²) in [7, 11) is 0. The lowest BCUT2D eigenvalue weighted by Crippen LogP contribution is -2.37. The number of amides is 1. The van der Waals surface area contributed by atoms with E-state index in [1.165, 1.54) is 23.5 Å². The number of carbonyl (C=O) groups is 1. The fourth-order valence-corrected chi connectivity index (χ4v) is 4.94. The molecule has 7 nitrogen and oxygen atoms in total. The summed E-state index contributed by atoms with van der Waals surface area (Å²) in [5, 5.41) is 10.7. The first-order chi connectivity index (χ1) is 15.6. The summed E-state index contributed by atoms with van der Waals surface area (Å²) < 4.78 is 15.7. The maximum absolute atomic E-state index is 13.6. The quantitative estimate of drug-likeness (QED) is 0.617. The molecule has 0 N–H and O–H groups in total. The van der Waals surface area contributed by atoms with Gasteiger partial charge in [-0.05, 0) is 49.3 Å². The van der Waals surface area contributed by atoms with Crippen molar-refractivity contribution in [3.8, 4) is 6.07 Å². The van der Waals surface area contributed by atoms with Crippen molar-refractivity contribution in [2.75, 3.05) is 6.61 Å². The summed E-state index contributed by atoms with van der Waals surface area (Å²) in [6.07, 6.45) is 10.6. The Hall–Kier alpha value is -3.31. The lowest BCUT2D eigenvalue weighted by Gasteiger charge is -2.32. The van der Waals surface area contributed by atoms with Crippen LogP contribution in [0.2, 0.25) is 0 Å². The Morgan fingerprint density at radius 2 is 2.03 bits per heavy atom. The van der Waals surface area contributed by atoms with E-state index in [1.807, 2.05) is 12.3 Å². The van der Waals surface area contributed by atoms with Crippen LogP contribution in [0.4, 0.5) is 4.39 Å². The van der Waals surface area contributed by atoms with Gasteiger partial charge in [0.1, 0.15) is 11.9 Å². The predicted molar refractivity (Wildman–Crippen MR) is 114 cm³/mol. The van der Waals surface area contributed by atoms with E-state index in [9.17, 15) is 9.18 Å². The number of rotatable bonds is 4. The SMILES string of the molecule is N#Cc1cncc([C@@H]2CCON2C(=O)[C@H]2CC[C@H](Cn3ccc4ncc(F)cc43)CC2)c1. The number of nitriles is 1. The molecule has 0 unspecified atom stereocenters. The third kappa shape index (κ3) is 3.96. The molecule has 164 valence electrons. The van der Waals surface area contributed by atoms with E-state index in [-0.39, 0.29) is 23.7 Å². The van der Waals surface area contributed by atoms with Crippen molar-refractivity contribution in [1.29, 1.82) is 5.26 Å². The smallest absolute Gasteiger partial charge is 0.249 e. The molecule has 3 aromatic heterocycles. The molecule has 32 heavy (non-hydrogen) atoms. The van der Waals surface area contributed by atoms with E-state index in [1.54, 1.807) is 12.3 Å². The summed E-state index contributed by atoms with van der Waals surface area (Å²) in [6.45, 7) is 1.28. The Labute approximate surface area is 185 Å². The van der Waals surface area contributed by atoms with Gasteiger partial charge in [0, 0.05) is 43.5 Å². The minimum absolute atomic E-state index is 0.0194. The van der Waals surface area contributed by atoms with Gasteiger partial charge in [0.15, 0.2) is 0 Å². The van der Waals surface area contributed by atoms with Gasteiger partial charge in [-0.25, -0.2) is 9.45 Å². The zero-order valence-electron chi connectivity index (χ0n) is 17.7. The lowest BCUT2D eigenvalue weighted by atomic mass is 9.81. The van der Waals surface area contributed by atoms with Crippen LogP contribution in [0.15, 0.2) is 43.0 Å². The number of pyridine rings is 2. The number of hydrogen-bond donors (Lipinski definition) is 0. The summed E-state index contributed by atoms with van der Waals surface area (Å²) >= 11 is 0. The summed E-state index contributed by atoms with van der Waals surface area (Å²) in [4.78, 5) is 27.2. The Morgan fingerprint density at radius 3 is 2.84 bits per heavy atom. The molecular weight excluding hydrogens is 409 g/mol. The molecule has 1 atom stereocenters. The van der Waals surface area contributed by atoms with E-state index in [0.717, 1.165) is 48.8 Å². The van der Waals surface area contributed by atoms with Gasteiger partial charge in [-0.2, -0.15) is 5.26 Å². The molecule has 0 aromatic carbocycles. The van der Waals surface area contributed by atoms with Crippen LogP contribution in [0.5, 0.6) is 0 Å². The van der Waals surface area contributed by atoms with Crippen LogP contribution < -0.4 is 0 Å². The molecule has 1 saturated heterocycles. The zero-order chi connectivity index (χ0) is 22.1. The molecule has 0 spiro atoms. The van der Waals surface area contributed by atoms with Crippen molar-refractivity contribution >= 4 is 16.9 Å². The highest BCUT2D eigenvalue weighted by molar-refractivity contribution is 5.78. The first kappa shape index (κ1) is 20.6. The molecule has 0 bridgehead atoms. The number of nitrogens with zero attached hydrogens (tertiary/aromatic N) is 5. The Kier molecular flexibility index (Phi) is 5.58. The zero-order valence-corrected chi connectivity index (χ0v) is 17.7. The third-order valence-corrected chi connectivity index (χ3v) is 6.63. The number of hydroxylamine groups is 2. The molecular formula is C24H24FN5O2. The highest BCUT2D eigenvalue weighted by Crippen LogP contribution is 2.36. The number of fused-ring (bicyclic) bond motifs is 1. The second kappa shape index (κ2) is 8.67. The van der Waals surface area contributed by atoms with Crippen LogP contribution in [0.1, 0.15) is 49.3 Å². The molecule has 0 radical (unpaired) electrons. The molecule has 5 rings (SSSR count). The average Bonchev–Trinajstić information content (AvgIpc) is 3.47. The van der Waals surface area contributed by atoms with E-state index in [0.29, 0.717) is 24.5 Å². The molecule has 2 fully saturated rings. The Morgan fingerprint density at radius 1 is 1.19 bits per heavy atom. The highest BCUT2D eigenvalue weighted by Gasteiger charge is 2.37. The molecule has 8 heteroatoms. The lowest BCUT2D eigenvalue weighted by molar-refractivity contribution is -0.183. The number of aromatic nitrogens is 3. The second-order valence-corrected chi connectivity index (χ2v) is 8.66. The van der Waals surface area contributed by atoms with Gasteiger partial charge in [-0.3, -0.25) is 19.6 Å². The third-order valence-electron chi connectivity index (χ3n) is 6.63. The minimum Gasteiger partial charge on any atom is -0.346 e. The van der Waals surface area contributed by atoms with Crippen LogP contribution in [-0.2, 0) is 16.2 Å². The molecule has 1 amide bonds. The molecule has 2 aliphatic rings. The maximum atomic E-state index is 13.6. The topological polar surface area (TPSA) is 84.0 Å². The van der Waals surface area contributed by atoms with Crippen molar-refractivity contribution in [1.82, 2.24) is 19.6 Å². The van der Waals surface area contributed by atoms with Gasteiger partial charge in [-0.1, -0.05) is 0 Å². The molecule has 1 saturated carbocycles. The second-order valence-electron chi connectivity index (χ2n) is 8.66. The normalized spacial score (nSPS) is 23.4. The van der Waals surface area contributed by atoms with Crippen LogP contribution in [-0.4, -0.2) is 32.1 Å². The van der Waals surface area contributed by atoms with E-state index >= 15 is 0 Å².